The number of hydrogen-bond acceptors (Lipinski definition) is 3. The number of alkyl halides is 7. The van der Waals surface area contributed by atoms with Gasteiger partial charge in [-0.3, -0.25) is 9.59 Å². The first-order valence-electron chi connectivity index (χ1n) is 13.0. The number of aryl methyl sites for hydroxylation is 2. The number of hydrogen-bond donors (Lipinski definition) is 1. The normalized spacial score (nSPS) is 13.8. The first-order chi connectivity index (χ1) is 20.4. The molecule has 0 bridgehead atoms. The molecule has 0 atom stereocenters. The van der Waals surface area contributed by atoms with E-state index in [-0.39, 0.29) is 41.0 Å². The lowest BCUT2D eigenvalue weighted by molar-refractivity contribution is -0.348. The van der Waals surface area contributed by atoms with Crippen LogP contribution >= 0.6 is 15.9 Å². The van der Waals surface area contributed by atoms with Crippen molar-refractivity contribution in [2.75, 3.05) is 16.8 Å². The predicted octanol–water partition coefficient (Wildman–Crippen LogP) is 8.68. The highest BCUT2D eigenvalue weighted by Crippen LogP contribution is 2.54. The van der Waals surface area contributed by atoms with Gasteiger partial charge in [0.2, 0.25) is 0 Å². The molecule has 1 N–H and O–H groups in total. The molecule has 0 unspecified atom stereocenters. The Kier molecular flexibility index (Phi) is 8.85. The van der Waals surface area contributed by atoms with Crippen LogP contribution in [0.1, 0.15) is 55.8 Å². The molecule has 3 aromatic carbocycles. The van der Waals surface area contributed by atoms with Crippen LogP contribution in [0.25, 0.3) is 0 Å². The van der Waals surface area contributed by atoms with Crippen molar-refractivity contribution in [1.82, 2.24) is 0 Å². The second-order valence-electron chi connectivity index (χ2n) is 10.4. The van der Waals surface area contributed by atoms with Gasteiger partial charge in [-0.05, 0) is 96.1 Å². The minimum absolute atomic E-state index is 0.0858. The predicted molar refractivity (Wildman–Crippen MR) is 148 cm³/mol. The lowest BCUT2D eigenvalue weighted by Gasteiger charge is -2.31. The maximum absolute atomic E-state index is 15.9. The van der Waals surface area contributed by atoms with Crippen LogP contribution in [0.2, 0.25) is 0 Å². The zero-order valence-electron chi connectivity index (χ0n) is 22.9. The first kappa shape index (κ1) is 32.9. The monoisotopic (exact) mass is 687 g/mol. The number of nitrogens with one attached hydrogen (secondary N) is 1. The summed E-state index contributed by atoms with van der Waals surface area (Å²) in [6.07, 6.45) is -11.1. The fraction of sp³-hybridized carbons (Fsp3) is 0.300. The minimum Gasteiger partial charge on any atom is -0.321 e. The molecule has 14 heteroatoms. The average molecular weight is 688 g/mol. The van der Waals surface area contributed by atoms with E-state index in [2.05, 4.69) is 21.2 Å². The topological polar surface area (TPSA) is 73.2 Å². The standard InChI is InChI=1S/C30H22BrF8N3O2/c1-15-10-18(13-40)8-9-20(15)27(44)42(14-17-6-7-17)23-5-3-4-21(24(23)32)26(43)41-25-16(2)11-19(12-22(25)31)28(33,29(34,35)36)30(37,38)39/h3-5,8-12,17H,6-7,14H2,1-2H3,(H,41,43). The molecular weight excluding hydrogens is 666 g/mol. The summed E-state index contributed by atoms with van der Waals surface area (Å²) >= 11 is 2.79. The summed E-state index contributed by atoms with van der Waals surface area (Å²) in [4.78, 5) is 27.9. The number of amides is 2. The van der Waals surface area contributed by atoms with Crippen molar-refractivity contribution in [2.24, 2.45) is 5.92 Å². The second-order valence-corrected chi connectivity index (χ2v) is 11.3. The Balaban J connectivity index is 1.69. The van der Waals surface area contributed by atoms with Gasteiger partial charge >= 0.3 is 18.0 Å². The van der Waals surface area contributed by atoms with Gasteiger partial charge in [0.25, 0.3) is 11.8 Å². The largest absolute Gasteiger partial charge is 0.435 e. The van der Waals surface area contributed by atoms with E-state index >= 15 is 4.39 Å². The van der Waals surface area contributed by atoms with Crippen molar-refractivity contribution < 1.29 is 44.7 Å². The number of nitrogens with zero attached hydrogens (tertiary/aromatic N) is 2. The molecule has 44 heavy (non-hydrogen) atoms. The third-order valence-corrected chi connectivity index (χ3v) is 7.81. The molecule has 0 saturated heterocycles. The van der Waals surface area contributed by atoms with Crippen LogP contribution in [0.5, 0.6) is 0 Å². The molecule has 3 aromatic rings. The minimum atomic E-state index is -6.34. The molecular formula is C30H22BrF8N3O2. The molecule has 0 aromatic heterocycles. The van der Waals surface area contributed by atoms with E-state index in [0.717, 1.165) is 25.8 Å². The van der Waals surface area contributed by atoms with Crippen LogP contribution in [0.4, 0.5) is 46.5 Å². The fourth-order valence-corrected chi connectivity index (χ4v) is 5.30. The zero-order chi connectivity index (χ0) is 32.8. The summed E-state index contributed by atoms with van der Waals surface area (Å²) in [5.74, 6) is -2.73. The summed E-state index contributed by atoms with van der Waals surface area (Å²) in [5, 5.41) is 11.4. The molecule has 0 aliphatic heterocycles. The Bertz CT molecular complexity index is 1640. The summed E-state index contributed by atoms with van der Waals surface area (Å²) in [7, 11) is 0. The number of halogens is 9. The summed E-state index contributed by atoms with van der Waals surface area (Å²) < 4.78 is 110. The van der Waals surface area contributed by atoms with E-state index in [4.69, 9.17) is 5.26 Å². The highest BCUT2D eigenvalue weighted by atomic mass is 79.9. The number of nitriles is 1. The van der Waals surface area contributed by atoms with Crippen LogP contribution in [0.3, 0.4) is 0 Å². The highest BCUT2D eigenvalue weighted by Gasteiger charge is 2.73. The molecule has 0 radical (unpaired) electrons. The maximum atomic E-state index is 15.9. The number of benzene rings is 3. The van der Waals surface area contributed by atoms with Gasteiger partial charge in [-0.2, -0.15) is 31.6 Å². The lowest BCUT2D eigenvalue weighted by Crippen LogP contribution is -2.50. The molecule has 1 saturated carbocycles. The lowest BCUT2D eigenvalue weighted by atomic mass is 9.92. The van der Waals surface area contributed by atoms with Crippen LogP contribution < -0.4 is 10.2 Å². The number of anilines is 2. The smallest absolute Gasteiger partial charge is 0.321 e. The highest BCUT2D eigenvalue weighted by molar-refractivity contribution is 9.10. The van der Waals surface area contributed by atoms with Crippen LogP contribution in [-0.2, 0) is 5.67 Å². The Morgan fingerprint density at radius 2 is 1.59 bits per heavy atom. The van der Waals surface area contributed by atoms with Crippen molar-refractivity contribution >= 4 is 39.1 Å². The number of carbonyl (C=O) groups excluding carboxylic acids is 2. The van der Waals surface area contributed by atoms with Crippen LogP contribution in [-0.4, -0.2) is 30.7 Å². The van der Waals surface area contributed by atoms with Crippen molar-refractivity contribution in [1.29, 1.82) is 5.26 Å². The van der Waals surface area contributed by atoms with Gasteiger partial charge < -0.3 is 10.2 Å². The van der Waals surface area contributed by atoms with Gasteiger partial charge in [-0.25, -0.2) is 8.78 Å². The van der Waals surface area contributed by atoms with Gasteiger partial charge in [0.15, 0.2) is 5.82 Å². The Morgan fingerprint density at radius 3 is 2.11 bits per heavy atom. The van der Waals surface area contributed by atoms with Gasteiger partial charge in [0.05, 0.1) is 28.6 Å². The third kappa shape index (κ3) is 6.15. The Hall–Kier alpha value is -3.99. The molecule has 1 aliphatic carbocycles. The van der Waals surface area contributed by atoms with Gasteiger partial charge in [-0.1, -0.05) is 12.1 Å². The van der Waals surface area contributed by atoms with Crippen molar-refractivity contribution in [3.63, 3.8) is 0 Å². The zero-order valence-corrected chi connectivity index (χ0v) is 24.5. The number of rotatable bonds is 7. The van der Waals surface area contributed by atoms with E-state index in [0.29, 0.717) is 17.2 Å². The molecule has 0 heterocycles. The SMILES string of the molecule is Cc1cc(C#N)ccc1C(=O)N(CC1CC1)c1cccc(C(=O)Nc2c(C)cc(C(F)(C(F)(F)F)C(F)(F)F)cc2Br)c1F. The van der Waals surface area contributed by atoms with E-state index in [9.17, 15) is 40.3 Å². The molecule has 1 aliphatic rings. The molecule has 2 amide bonds. The molecule has 232 valence electrons. The maximum Gasteiger partial charge on any atom is 0.435 e. The summed E-state index contributed by atoms with van der Waals surface area (Å²) in [6.45, 7) is 2.79. The van der Waals surface area contributed by atoms with Crippen LogP contribution in [0.15, 0.2) is 53.0 Å². The van der Waals surface area contributed by atoms with E-state index in [1.54, 1.807) is 6.92 Å². The molecule has 0 spiro atoms. The van der Waals surface area contributed by atoms with Crippen molar-refractivity contribution in [3.05, 3.63) is 92.2 Å². The molecule has 4 rings (SSSR count). The summed E-state index contributed by atoms with van der Waals surface area (Å²) in [5.41, 5.74) is -7.97. The molecule has 1 fully saturated rings. The molecule has 5 nitrogen and oxygen atoms in total. The third-order valence-electron chi connectivity index (χ3n) is 7.19. The summed E-state index contributed by atoms with van der Waals surface area (Å²) in [6, 6.07) is 10.6. The average Bonchev–Trinajstić information content (AvgIpc) is 3.76. The van der Waals surface area contributed by atoms with E-state index in [1.165, 1.54) is 35.2 Å². The van der Waals surface area contributed by atoms with Crippen molar-refractivity contribution in [3.8, 4) is 6.07 Å². The van der Waals surface area contributed by atoms with E-state index < -0.39 is 51.3 Å². The van der Waals surface area contributed by atoms with Gasteiger partial charge in [0, 0.05) is 22.1 Å². The Labute approximate surface area is 254 Å². The number of carbonyl (C=O) groups is 2. The van der Waals surface area contributed by atoms with Crippen LogP contribution in [0, 0.1) is 36.9 Å². The van der Waals surface area contributed by atoms with E-state index in [1.807, 2.05) is 6.07 Å². The fourth-order valence-electron chi connectivity index (χ4n) is 4.64. The van der Waals surface area contributed by atoms with Gasteiger partial charge in [-0.15, -0.1) is 0 Å². The Morgan fingerprint density at radius 1 is 0.955 bits per heavy atom. The second kappa shape index (κ2) is 11.8. The van der Waals surface area contributed by atoms with Gasteiger partial charge in [0.1, 0.15) is 0 Å². The van der Waals surface area contributed by atoms with Crippen molar-refractivity contribution in [2.45, 2.75) is 44.7 Å². The quantitative estimate of drug-likeness (QED) is 0.253. The first-order valence-corrected chi connectivity index (χ1v) is 13.8.